The molecule has 2 amide bonds. The van der Waals surface area contributed by atoms with Crippen LogP contribution < -0.4 is 5.32 Å². The average molecular weight is 316 g/mol. The predicted octanol–water partition coefficient (Wildman–Crippen LogP) is 2.28. The van der Waals surface area contributed by atoms with E-state index in [0.717, 1.165) is 18.4 Å². The number of piperidine rings is 1. The summed E-state index contributed by atoms with van der Waals surface area (Å²) in [6, 6.07) is 7.24. The van der Waals surface area contributed by atoms with Gasteiger partial charge in [0.15, 0.2) is 0 Å². The second-order valence-corrected chi connectivity index (χ2v) is 5.76. The van der Waals surface area contributed by atoms with Gasteiger partial charge in [0.05, 0.1) is 0 Å². The monoisotopic (exact) mass is 316 g/mol. The van der Waals surface area contributed by atoms with Crippen LogP contribution in [-0.4, -0.2) is 45.9 Å². The molecule has 1 fully saturated rings. The van der Waals surface area contributed by atoms with Crippen molar-refractivity contribution in [2.45, 2.75) is 19.8 Å². The molecule has 0 saturated carbocycles. The van der Waals surface area contributed by atoms with Crippen LogP contribution in [0.5, 0.6) is 0 Å². The number of hydrogen-bond acceptors (Lipinski definition) is 5. The summed E-state index contributed by atoms with van der Waals surface area (Å²) in [5, 5.41) is 15.9. The molecule has 23 heavy (non-hydrogen) atoms. The highest BCUT2D eigenvalue weighted by Gasteiger charge is 2.22. The molecule has 1 aliphatic rings. The lowest BCUT2D eigenvalue weighted by atomic mass is 9.98. The van der Waals surface area contributed by atoms with Gasteiger partial charge in [-0.1, -0.05) is 17.3 Å². The molecule has 0 bridgehead atoms. The fourth-order valence-electron chi connectivity index (χ4n) is 2.67. The van der Waals surface area contributed by atoms with Crippen LogP contribution in [0.4, 0.5) is 10.5 Å². The summed E-state index contributed by atoms with van der Waals surface area (Å²) in [6.45, 7) is 3.27. The van der Waals surface area contributed by atoms with Gasteiger partial charge in [-0.3, -0.25) is 0 Å². The van der Waals surface area contributed by atoms with Crippen molar-refractivity contribution < 1.29 is 14.4 Å². The Labute approximate surface area is 134 Å². The summed E-state index contributed by atoms with van der Waals surface area (Å²) >= 11 is 0. The molecule has 1 aliphatic heterocycles. The molecule has 2 heterocycles. The second-order valence-electron chi connectivity index (χ2n) is 5.76. The lowest BCUT2D eigenvalue weighted by Gasteiger charge is -2.31. The van der Waals surface area contributed by atoms with E-state index < -0.39 is 0 Å². The van der Waals surface area contributed by atoms with Crippen LogP contribution in [0.1, 0.15) is 18.7 Å². The number of aryl methyl sites for hydroxylation is 1. The first-order valence-electron chi connectivity index (χ1n) is 7.73. The number of anilines is 1. The number of carbonyl (C=O) groups excluding carboxylic acids is 1. The minimum atomic E-state index is -0.122. The molecule has 122 valence electrons. The first-order chi connectivity index (χ1) is 11.2. The molecule has 2 N–H and O–H groups in total. The number of nitrogens with one attached hydrogen (secondary N) is 1. The van der Waals surface area contributed by atoms with Gasteiger partial charge in [0.25, 0.3) is 0 Å². The summed E-state index contributed by atoms with van der Waals surface area (Å²) in [4.78, 5) is 18.3. The highest BCUT2D eigenvalue weighted by molar-refractivity contribution is 5.90. The number of urea groups is 1. The molecule has 3 rings (SSSR count). The van der Waals surface area contributed by atoms with E-state index in [-0.39, 0.29) is 12.6 Å². The smallest absolute Gasteiger partial charge is 0.321 e. The molecule has 1 aromatic heterocycles. The normalized spacial score (nSPS) is 15.7. The van der Waals surface area contributed by atoms with Crippen molar-refractivity contribution in [2.24, 2.45) is 5.92 Å². The van der Waals surface area contributed by atoms with Crippen molar-refractivity contribution in [3.63, 3.8) is 0 Å². The minimum Gasteiger partial charge on any atom is -0.396 e. The molecule has 0 aliphatic carbocycles. The Morgan fingerprint density at radius 2 is 2.22 bits per heavy atom. The SMILES string of the molecule is Cc1nc(-c2cccc(NC(=O)N3CCC(CO)CC3)c2)no1. The maximum atomic E-state index is 12.3. The number of carbonyl (C=O) groups is 1. The van der Waals surface area contributed by atoms with E-state index in [4.69, 9.17) is 9.63 Å². The van der Waals surface area contributed by atoms with Crippen LogP contribution in [0.15, 0.2) is 28.8 Å². The third-order valence-corrected chi connectivity index (χ3v) is 4.06. The summed E-state index contributed by atoms with van der Waals surface area (Å²) in [7, 11) is 0. The van der Waals surface area contributed by atoms with Crippen LogP contribution in [-0.2, 0) is 0 Å². The van der Waals surface area contributed by atoms with Crippen LogP contribution >= 0.6 is 0 Å². The molecule has 0 radical (unpaired) electrons. The predicted molar refractivity (Wildman–Crippen MR) is 84.9 cm³/mol. The molecule has 0 spiro atoms. The first-order valence-corrected chi connectivity index (χ1v) is 7.73. The summed E-state index contributed by atoms with van der Waals surface area (Å²) in [5.41, 5.74) is 1.48. The Bertz CT molecular complexity index is 677. The number of benzene rings is 1. The molecular formula is C16H20N4O3. The number of aliphatic hydroxyl groups excluding tert-OH is 1. The number of aromatic nitrogens is 2. The standard InChI is InChI=1S/C16H20N4O3/c1-11-17-15(19-23-11)13-3-2-4-14(9-13)18-16(22)20-7-5-12(10-21)6-8-20/h2-4,9,12,21H,5-8,10H2,1H3,(H,18,22). The zero-order chi connectivity index (χ0) is 16.2. The lowest BCUT2D eigenvalue weighted by molar-refractivity contribution is 0.143. The lowest BCUT2D eigenvalue weighted by Crippen LogP contribution is -2.41. The number of rotatable bonds is 3. The van der Waals surface area contributed by atoms with E-state index >= 15 is 0 Å². The summed E-state index contributed by atoms with van der Waals surface area (Å²) < 4.78 is 4.98. The van der Waals surface area contributed by atoms with Crippen molar-refractivity contribution >= 4 is 11.7 Å². The van der Waals surface area contributed by atoms with Crippen molar-refractivity contribution in [1.29, 1.82) is 0 Å². The van der Waals surface area contributed by atoms with Crippen LogP contribution in [0.25, 0.3) is 11.4 Å². The molecule has 1 saturated heterocycles. The maximum Gasteiger partial charge on any atom is 0.321 e. The fraction of sp³-hybridized carbons (Fsp3) is 0.438. The highest BCUT2D eigenvalue weighted by atomic mass is 16.5. The first kappa shape index (κ1) is 15.5. The highest BCUT2D eigenvalue weighted by Crippen LogP contribution is 2.21. The second kappa shape index (κ2) is 6.78. The van der Waals surface area contributed by atoms with Gasteiger partial charge in [0, 0.05) is 37.9 Å². The van der Waals surface area contributed by atoms with Gasteiger partial charge in [0.2, 0.25) is 11.7 Å². The third kappa shape index (κ3) is 3.68. The molecule has 2 aromatic rings. The van der Waals surface area contributed by atoms with Crippen LogP contribution in [0, 0.1) is 12.8 Å². The molecule has 0 unspecified atom stereocenters. The van der Waals surface area contributed by atoms with E-state index in [1.807, 2.05) is 24.3 Å². The van der Waals surface area contributed by atoms with Gasteiger partial charge in [-0.2, -0.15) is 4.98 Å². The van der Waals surface area contributed by atoms with E-state index in [2.05, 4.69) is 15.5 Å². The number of hydrogen-bond donors (Lipinski definition) is 2. The van der Waals surface area contributed by atoms with Gasteiger partial charge in [-0.25, -0.2) is 4.79 Å². The maximum absolute atomic E-state index is 12.3. The number of likely N-dealkylation sites (tertiary alicyclic amines) is 1. The van der Waals surface area contributed by atoms with Gasteiger partial charge in [-0.05, 0) is 30.9 Å². The third-order valence-electron chi connectivity index (χ3n) is 4.06. The Hall–Kier alpha value is -2.41. The Balaban J connectivity index is 1.65. The number of nitrogens with zero attached hydrogens (tertiary/aromatic N) is 3. The van der Waals surface area contributed by atoms with Gasteiger partial charge >= 0.3 is 6.03 Å². The van der Waals surface area contributed by atoms with Crippen molar-refractivity contribution in [2.75, 3.05) is 25.0 Å². The Morgan fingerprint density at radius 3 is 2.87 bits per heavy atom. The Morgan fingerprint density at radius 1 is 1.43 bits per heavy atom. The van der Waals surface area contributed by atoms with E-state index in [0.29, 0.717) is 36.4 Å². The van der Waals surface area contributed by atoms with E-state index in [1.165, 1.54) is 0 Å². The minimum absolute atomic E-state index is 0.122. The zero-order valence-electron chi connectivity index (χ0n) is 13.0. The van der Waals surface area contributed by atoms with Crippen molar-refractivity contribution in [1.82, 2.24) is 15.0 Å². The van der Waals surface area contributed by atoms with Crippen molar-refractivity contribution in [3.05, 3.63) is 30.2 Å². The van der Waals surface area contributed by atoms with Crippen molar-refractivity contribution in [3.8, 4) is 11.4 Å². The molecule has 7 heteroatoms. The largest absolute Gasteiger partial charge is 0.396 e. The van der Waals surface area contributed by atoms with Crippen LogP contribution in [0.3, 0.4) is 0 Å². The average Bonchev–Trinajstić information content (AvgIpc) is 3.02. The molecule has 0 atom stereocenters. The summed E-state index contributed by atoms with van der Waals surface area (Å²) in [5.74, 6) is 1.31. The van der Waals surface area contributed by atoms with Gasteiger partial charge in [0.1, 0.15) is 0 Å². The quantitative estimate of drug-likeness (QED) is 0.906. The topological polar surface area (TPSA) is 91.5 Å². The Kier molecular flexibility index (Phi) is 4.57. The van der Waals surface area contributed by atoms with E-state index in [9.17, 15) is 4.79 Å². The summed E-state index contributed by atoms with van der Waals surface area (Å²) in [6.07, 6.45) is 1.68. The number of amides is 2. The number of aliphatic hydroxyl groups is 1. The molecule has 1 aromatic carbocycles. The van der Waals surface area contributed by atoms with E-state index in [1.54, 1.807) is 11.8 Å². The zero-order valence-corrected chi connectivity index (χ0v) is 13.0. The van der Waals surface area contributed by atoms with Crippen LogP contribution in [0.2, 0.25) is 0 Å². The molecule has 7 nitrogen and oxygen atoms in total. The van der Waals surface area contributed by atoms with Gasteiger partial charge in [-0.15, -0.1) is 0 Å². The van der Waals surface area contributed by atoms with Gasteiger partial charge < -0.3 is 19.8 Å². The fourth-order valence-corrected chi connectivity index (χ4v) is 2.67. The molecular weight excluding hydrogens is 296 g/mol.